The van der Waals surface area contributed by atoms with Crippen molar-refractivity contribution in [2.45, 2.75) is 37.5 Å². The van der Waals surface area contributed by atoms with Crippen LogP contribution in [0.4, 0.5) is 0 Å². The molecule has 0 aliphatic heterocycles. The predicted molar refractivity (Wildman–Crippen MR) is 77.1 cm³/mol. The van der Waals surface area contributed by atoms with Crippen molar-refractivity contribution in [2.24, 2.45) is 11.3 Å². The number of aliphatic carboxylic acids is 1. The lowest BCUT2D eigenvalue weighted by molar-refractivity contribution is -0.151. The molecule has 1 aromatic heterocycles. The maximum absolute atomic E-state index is 12.2. The van der Waals surface area contributed by atoms with E-state index < -0.39 is 21.4 Å². The average molecular weight is 312 g/mol. The predicted octanol–water partition coefficient (Wildman–Crippen LogP) is 1.64. The van der Waals surface area contributed by atoms with Crippen LogP contribution in [-0.4, -0.2) is 31.0 Å². The molecule has 116 valence electrons. The highest BCUT2D eigenvalue weighted by atomic mass is 32.2. The van der Waals surface area contributed by atoms with Crippen LogP contribution < -0.4 is 4.72 Å². The van der Waals surface area contributed by atoms with Crippen LogP contribution in [0.1, 0.15) is 32.6 Å². The van der Waals surface area contributed by atoms with Crippen LogP contribution in [0.15, 0.2) is 29.4 Å². The summed E-state index contributed by atoms with van der Waals surface area (Å²) >= 11 is 0. The van der Waals surface area contributed by atoms with E-state index in [2.05, 4.69) is 16.6 Å². The summed E-state index contributed by atoms with van der Waals surface area (Å²) in [6, 6.07) is 2.97. The molecule has 0 unspecified atom stereocenters. The Morgan fingerprint density at radius 3 is 2.67 bits per heavy atom. The minimum absolute atomic E-state index is 0.0507. The number of sulfonamides is 1. The molecule has 0 spiro atoms. The van der Waals surface area contributed by atoms with Crippen molar-refractivity contribution >= 4 is 16.0 Å². The maximum Gasteiger partial charge on any atom is 0.310 e. The summed E-state index contributed by atoms with van der Waals surface area (Å²) < 4.78 is 26.8. The van der Waals surface area contributed by atoms with Crippen LogP contribution in [0.2, 0.25) is 0 Å². The lowest BCUT2D eigenvalue weighted by atomic mass is 9.71. The number of hydrogen-bond acceptors (Lipinski definition) is 4. The molecule has 0 atom stereocenters. The van der Waals surface area contributed by atoms with Crippen molar-refractivity contribution in [3.05, 3.63) is 24.5 Å². The number of rotatable bonds is 5. The zero-order valence-electron chi connectivity index (χ0n) is 11.9. The highest BCUT2D eigenvalue weighted by Crippen LogP contribution is 2.38. The van der Waals surface area contributed by atoms with Gasteiger partial charge in [-0.3, -0.25) is 9.78 Å². The van der Waals surface area contributed by atoms with Crippen LogP contribution in [0.3, 0.4) is 0 Å². The Hall–Kier alpha value is -1.47. The van der Waals surface area contributed by atoms with E-state index in [-0.39, 0.29) is 11.4 Å². The van der Waals surface area contributed by atoms with Crippen LogP contribution in [0.5, 0.6) is 0 Å². The van der Waals surface area contributed by atoms with E-state index in [0.717, 1.165) is 12.8 Å². The summed E-state index contributed by atoms with van der Waals surface area (Å²) in [5.74, 6) is -0.435. The summed E-state index contributed by atoms with van der Waals surface area (Å²) in [6.45, 7) is 2.01. The molecule has 1 saturated carbocycles. The fourth-order valence-electron chi connectivity index (χ4n) is 2.60. The van der Waals surface area contributed by atoms with Crippen LogP contribution in [-0.2, 0) is 14.8 Å². The first-order valence-electron chi connectivity index (χ1n) is 6.99. The van der Waals surface area contributed by atoms with E-state index >= 15 is 0 Å². The van der Waals surface area contributed by atoms with Crippen molar-refractivity contribution in [3.8, 4) is 0 Å². The van der Waals surface area contributed by atoms with Gasteiger partial charge in [-0.15, -0.1) is 0 Å². The second kappa shape index (κ2) is 6.11. The van der Waals surface area contributed by atoms with Crippen LogP contribution in [0.25, 0.3) is 0 Å². The Bertz CT molecular complexity index is 593. The summed E-state index contributed by atoms with van der Waals surface area (Å²) in [5.41, 5.74) is -0.998. The Labute approximate surface area is 124 Å². The Kier molecular flexibility index (Phi) is 4.63. The Morgan fingerprint density at radius 2 is 2.14 bits per heavy atom. The average Bonchev–Trinajstić information content (AvgIpc) is 2.48. The number of aromatic nitrogens is 1. The lowest BCUT2D eigenvalue weighted by Gasteiger charge is -2.35. The number of carbonyl (C=O) groups is 1. The number of carboxylic acids is 1. The van der Waals surface area contributed by atoms with Gasteiger partial charge in [0.2, 0.25) is 10.0 Å². The largest absolute Gasteiger partial charge is 0.481 e. The standard InChI is InChI=1S/C14H20N2O4S/c1-11-4-6-14(7-5-11,13(17)18)10-16-21(19,20)12-3-2-8-15-9-12/h2-3,8-9,11,16H,4-7,10H2,1H3,(H,17,18). The van der Waals surface area contributed by atoms with Gasteiger partial charge in [0.25, 0.3) is 0 Å². The number of carboxylic acid groups (broad SMARTS) is 1. The van der Waals surface area contributed by atoms with Gasteiger partial charge in [-0.25, -0.2) is 13.1 Å². The van der Waals surface area contributed by atoms with Crippen molar-refractivity contribution in [3.63, 3.8) is 0 Å². The molecule has 6 nitrogen and oxygen atoms in total. The Morgan fingerprint density at radius 1 is 1.48 bits per heavy atom. The minimum atomic E-state index is -3.72. The molecule has 1 aliphatic rings. The van der Waals surface area contributed by atoms with Crippen molar-refractivity contribution in [2.75, 3.05) is 6.54 Å². The summed E-state index contributed by atoms with van der Waals surface area (Å²) in [4.78, 5) is 15.4. The third-order valence-corrected chi connectivity index (χ3v) is 5.62. The highest BCUT2D eigenvalue weighted by Gasteiger charge is 2.41. The minimum Gasteiger partial charge on any atom is -0.481 e. The first-order valence-corrected chi connectivity index (χ1v) is 8.47. The van der Waals surface area contributed by atoms with Crippen LogP contribution in [0, 0.1) is 11.3 Å². The van der Waals surface area contributed by atoms with Gasteiger partial charge in [0.05, 0.1) is 5.41 Å². The Balaban J connectivity index is 2.11. The molecule has 0 aromatic carbocycles. The van der Waals surface area contributed by atoms with Gasteiger partial charge in [0.1, 0.15) is 4.90 Å². The number of hydrogen-bond donors (Lipinski definition) is 2. The second-order valence-corrected chi connectivity index (χ2v) is 7.55. The molecule has 0 amide bonds. The molecule has 1 fully saturated rings. The molecule has 1 aromatic rings. The van der Waals surface area contributed by atoms with E-state index in [9.17, 15) is 18.3 Å². The van der Waals surface area contributed by atoms with E-state index in [1.165, 1.54) is 24.5 Å². The molecular weight excluding hydrogens is 292 g/mol. The number of pyridine rings is 1. The van der Waals surface area contributed by atoms with Crippen LogP contribution >= 0.6 is 0 Å². The summed E-state index contributed by atoms with van der Waals surface area (Å²) in [5, 5.41) is 9.50. The SMILES string of the molecule is CC1CCC(CNS(=O)(=O)c2cccnc2)(C(=O)O)CC1. The van der Waals surface area contributed by atoms with Crippen molar-refractivity contribution in [1.82, 2.24) is 9.71 Å². The first-order chi connectivity index (χ1) is 9.86. The van der Waals surface area contributed by atoms with E-state index in [1.807, 2.05) is 0 Å². The first kappa shape index (κ1) is 15.9. The smallest absolute Gasteiger partial charge is 0.310 e. The fourth-order valence-corrected chi connectivity index (χ4v) is 3.69. The monoisotopic (exact) mass is 312 g/mol. The van der Waals surface area contributed by atoms with Gasteiger partial charge in [0.15, 0.2) is 0 Å². The highest BCUT2D eigenvalue weighted by molar-refractivity contribution is 7.89. The maximum atomic E-state index is 12.2. The number of nitrogens with one attached hydrogen (secondary N) is 1. The lowest BCUT2D eigenvalue weighted by Crippen LogP contribution is -2.45. The fraction of sp³-hybridized carbons (Fsp3) is 0.571. The molecule has 1 aliphatic carbocycles. The van der Waals surface area contributed by atoms with E-state index in [4.69, 9.17) is 0 Å². The third kappa shape index (κ3) is 3.59. The molecule has 21 heavy (non-hydrogen) atoms. The molecule has 2 N–H and O–H groups in total. The third-order valence-electron chi connectivity index (χ3n) is 4.23. The van der Waals surface area contributed by atoms with E-state index in [1.54, 1.807) is 0 Å². The molecule has 0 bridgehead atoms. The van der Waals surface area contributed by atoms with Crippen molar-refractivity contribution in [1.29, 1.82) is 0 Å². The number of nitrogens with zero attached hydrogens (tertiary/aromatic N) is 1. The molecule has 0 saturated heterocycles. The zero-order valence-corrected chi connectivity index (χ0v) is 12.8. The van der Waals surface area contributed by atoms with Gasteiger partial charge in [0, 0.05) is 18.9 Å². The van der Waals surface area contributed by atoms with Gasteiger partial charge < -0.3 is 5.11 Å². The molecular formula is C14H20N2O4S. The van der Waals surface area contributed by atoms with Gasteiger partial charge in [-0.05, 0) is 43.7 Å². The quantitative estimate of drug-likeness (QED) is 0.861. The van der Waals surface area contributed by atoms with Crippen molar-refractivity contribution < 1.29 is 18.3 Å². The second-order valence-electron chi connectivity index (χ2n) is 5.78. The zero-order chi connectivity index (χ0) is 15.5. The molecule has 7 heteroatoms. The summed E-state index contributed by atoms with van der Waals surface area (Å²) in [6.07, 6.45) is 5.35. The van der Waals surface area contributed by atoms with Gasteiger partial charge in [-0.2, -0.15) is 0 Å². The van der Waals surface area contributed by atoms with Gasteiger partial charge >= 0.3 is 5.97 Å². The normalized spacial score (nSPS) is 26.4. The molecule has 0 radical (unpaired) electrons. The van der Waals surface area contributed by atoms with Gasteiger partial charge in [-0.1, -0.05) is 6.92 Å². The van der Waals surface area contributed by atoms with E-state index in [0.29, 0.717) is 18.8 Å². The topological polar surface area (TPSA) is 96.4 Å². The summed E-state index contributed by atoms with van der Waals surface area (Å²) in [7, 11) is -3.72. The molecule has 2 rings (SSSR count). The molecule has 1 heterocycles.